The molecule has 1 heterocycles. The summed E-state index contributed by atoms with van der Waals surface area (Å²) in [4.78, 5) is 0. The molecule has 0 saturated carbocycles. The fraction of sp³-hybridized carbons (Fsp3) is 0.600. The van der Waals surface area contributed by atoms with Crippen molar-refractivity contribution in [2.45, 2.75) is 6.61 Å². The van der Waals surface area contributed by atoms with E-state index in [9.17, 15) is 0 Å². The van der Waals surface area contributed by atoms with Crippen LogP contribution in [0.2, 0.25) is 0 Å². The van der Waals surface area contributed by atoms with E-state index >= 15 is 0 Å². The van der Waals surface area contributed by atoms with Crippen LogP contribution >= 0.6 is 0 Å². The molecule has 41 heavy (non-hydrogen) atoms. The smallest absolute Gasteiger partial charge is 0.123 e. The Morgan fingerprint density at radius 2 is 0.756 bits per heavy atom. The lowest BCUT2D eigenvalue weighted by molar-refractivity contribution is 0.00432. The Kier molecular flexibility index (Phi) is 17.7. The van der Waals surface area contributed by atoms with Gasteiger partial charge in [0.25, 0.3) is 0 Å². The summed E-state index contributed by atoms with van der Waals surface area (Å²) in [6, 6.07) is 13.2. The van der Waals surface area contributed by atoms with Gasteiger partial charge < -0.3 is 52.1 Å². The summed E-state index contributed by atoms with van der Waals surface area (Å²) in [5.41, 5.74) is 0.956. The van der Waals surface area contributed by atoms with E-state index in [1.54, 1.807) is 7.11 Å². The summed E-state index contributed by atoms with van der Waals surface area (Å²) < 4.78 is 61.9. The van der Waals surface area contributed by atoms with Crippen molar-refractivity contribution >= 4 is 0 Å². The van der Waals surface area contributed by atoms with Gasteiger partial charge in [-0.25, -0.2) is 0 Å². The molecule has 0 N–H and O–H groups in total. The Labute approximate surface area is 242 Å². The van der Waals surface area contributed by atoms with Gasteiger partial charge in [-0.2, -0.15) is 0 Å². The van der Waals surface area contributed by atoms with E-state index in [0.29, 0.717) is 124 Å². The van der Waals surface area contributed by atoms with E-state index < -0.39 is 0 Å². The second-order valence-corrected chi connectivity index (χ2v) is 8.79. The second kappa shape index (κ2) is 22.0. The fourth-order valence-electron chi connectivity index (χ4n) is 3.66. The molecule has 11 nitrogen and oxygen atoms in total. The molecule has 0 spiro atoms. The van der Waals surface area contributed by atoms with E-state index in [1.807, 2.05) is 42.5 Å². The van der Waals surface area contributed by atoms with Gasteiger partial charge in [-0.05, 0) is 29.8 Å². The molecule has 230 valence electrons. The van der Waals surface area contributed by atoms with Gasteiger partial charge >= 0.3 is 0 Å². The lowest BCUT2D eigenvalue weighted by Gasteiger charge is -2.13. The van der Waals surface area contributed by atoms with Gasteiger partial charge in [-0.1, -0.05) is 6.07 Å². The van der Waals surface area contributed by atoms with Crippen molar-refractivity contribution in [3.05, 3.63) is 48.0 Å². The molecule has 0 aliphatic carbocycles. The first-order chi connectivity index (χ1) is 20.3. The van der Waals surface area contributed by atoms with Crippen LogP contribution in [0.25, 0.3) is 0 Å². The molecular formula is C30H44O11. The number of hydrogen-bond donors (Lipinski definition) is 0. The minimum absolute atomic E-state index is 0.405. The quantitative estimate of drug-likeness (QED) is 0.524. The highest BCUT2D eigenvalue weighted by Gasteiger charge is 2.05. The van der Waals surface area contributed by atoms with Gasteiger partial charge in [0.2, 0.25) is 0 Å². The minimum atomic E-state index is 0.405. The molecule has 2 aromatic carbocycles. The molecule has 4 bridgehead atoms. The Morgan fingerprint density at radius 3 is 1.12 bits per heavy atom. The molecule has 0 unspecified atom stereocenters. The maximum atomic E-state index is 5.86. The summed E-state index contributed by atoms with van der Waals surface area (Å²) >= 11 is 0. The van der Waals surface area contributed by atoms with Gasteiger partial charge in [-0.3, -0.25) is 0 Å². The summed E-state index contributed by atoms with van der Waals surface area (Å²) in [5, 5.41) is 0. The van der Waals surface area contributed by atoms with Crippen molar-refractivity contribution in [2.24, 2.45) is 0 Å². The lowest BCUT2D eigenvalue weighted by atomic mass is 10.2. The molecule has 11 heteroatoms. The first-order valence-corrected chi connectivity index (χ1v) is 14.0. The largest absolute Gasteiger partial charge is 0.491 e. The van der Waals surface area contributed by atoms with Gasteiger partial charge in [0.15, 0.2) is 0 Å². The zero-order valence-corrected chi connectivity index (χ0v) is 24.1. The van der Waals surface area contributed by atoms with Gasteiger partial charge in [0.1, 0.15) is 49.4 Å². The van der Waals surface area contributed by atoms with Crippen molar-refractivity contribution in [2.75, 3.05) is 113 Å². The SMILES string of the molecule is COCc1cc2cc(c1)OCCOCCOCCOCCOc1cccc(c1)OCCOCCOCCOCCO2. The number of hydrogen-bond acceptors (Lipinski definition) is 11. The number of fused-ring (bicyclic) bond motifs is 4. The molecular weight excluding hydrogens is 536 g/mol. The zero-order chi connectivity index (χ0) is 28.6. The Hall–Kier alpha value is -2.64. The molecule has 0 fully saturated rings. The molecule has 3 rings (SSSR count). The van der Waals surface area contributed by atoms with Crippen molar-refractivity contribution in [3.8, 4) is 23.0 Å². The first-order valence-electron chi connectivity index (χ1n) is 14.0. The minimum Gasteiger partial charge on any atom is -0.491 e. The highest BCUT2D eigenvalue weighted by molar-refractivity contribution is 5.38. The maximum Gasteiger partial charge on any atom is 0.123 e. The molecule has 0 aromatic heterocycles. The Morgan fingerprint density at radius 1 is 0.439 bits per heavy atom. The number of ether oxygens (including phenoxy) is 11. The van der Waals surface area contributed by atoms with Crippen LogP contribution in [-0.2, 0) is 39.8 Å². The number of benzene rings is 2. The summed E-state index contributed by atoms with van der Waals surface area (Å²) in [6.45, 7) is 7.77. The average Bonchev–Trinajstić information content (AvgIpc) is 2.98. The van der Waals surface area contributed by atoms with E-state index in [4.69, 9.17) is 52.1 Å². The van der Waals surface area contributed by atoms with Crippen molar-refractivity contribution in [1.29, 1.82) is 0 Å². The molecule has 0 saturated heterocycles. The molecule has 2 aromatic rings. The van der Waals surface area contributed by atoms with Crippen LogP contribution in [0, 0.1) is 0 Å². The molecule has 1 aliphatic heterocycles. The van der Waals surface area contributed by atoms with Crippen molar-refractivity contribution in [3.63, 3.8) is 0 Å². The van der Waals surface area contributed by atoms with Gasteiger partial charge in [-0.15, -0.1) is 0 Å². The standard InChI is InChI=1S/C30H44O11/c1-31-25-26-21-29-24-30(22-26)41-20-16-37-12-8-33-6-10-35-14-18-39-28-4-2-3-27(23-28)38-17-13-34-9-5-32-7-11-36-15-19-40-29/h2-4,21-24H,5-20,25H2,1H3. The normalized spacial score (nSPS) is 18.7. The summed E-state index contributed by atoms with van der Waals surface area (Å²) in [5.74, 6) is 2.83. The molecule has 0 radical (unpaired) electrons. The third kappa shape index (κ3) is 15.8. The van der Waals surface area contributed by atoms with Gasteiger partial charge in [0, 0.05) is 19.2 Å². The summed E-state index contributed by atoms with van der Waals surface area (Å²) in [6.07, 6.45) is 0. The first kappa shape index (κ1) is 32.9. The van der Waals surface area contributed by atoms with Crippen LogP contribution in [-0.4, -0.2) is 113 Å². The van der Waals surface area contributed by atoms with E-state index in [-0.39, 0.29) is 0 Å². The second-order valence-electron chi connectivity index (χ2n) is 8.79. The third-order valence-electron chi connectivity index (χ3n) is 5.53. The Bertz CT molecular complexity index is 864. The highest BCUT2D eigenvalue weighted by Crippen LogP contribution is 2.24. The Balaban J connectivity index is 1.39. The van der Waals surface area contributed by atoms with Crippen molar-refractivity contribution < 1.29 is 52.1 Å². The molecule has 0 atom stereocenters. The summed E-state index contributed by atoms with van der Waals surface area (Å²) in [7, 11) is 1.65. The topological polar surface area (TPSA) is 102 Å². The van der Waals surface area contributed by atoms with Crippen molar-refractivity contribution in [1.82, 2.24) is 0 Å². The van der Waals surface area contributed by atoms with Crippen LogP contribution < -0.4 is 18.9 Å². The maximum absolute atomic E-state index is 5.86. The number of rotatable bonds is 2. The predicted molar refractivity (Wildman–Crippen MR) is 150 cm³/mol. The van der Waals surface area contributed by atoms with E-state index in [2.05, 4.69) is 0 Å². The lowest BCUT2D eigenvalue weighted by Crippen LogP contribution is -2.15. The van der Waals surface area contributed by atoms with E-state index in [1.165, 1.54) is 0 Å². The monoisotopic (exact) mass is 580 g/mol. The zero-order valence-electron chi connectivity index (χ0n) is 24.1. The molecule has 0 amide bonds. The van der Waals surface area contributed by atoms with Crippen LogP contribution in [0.1, 0.15) is 5.56 Å². The molecule has 1 aliphatic rings. The number of methoxy groups -OCH3 is 1. The van der Waals surface area contributed by atoms with Crippen LogP contribution in [0.3, 0.4) is 0 Å². The predicted octanol–water partition coefficient (Wildman–Crippen LogP) is 3.16. The highest BCUT2D eigenvalue weighted by atomic mass is 16.6. The average molecular weight is 581 g/mol. The third-order valence-corrected chi connectivity index (χ3v) is 5.53. The van der Waals surface area contributed by atoms with Crippen LogP contribution in [0.4, 0.5) is 0 Å². The van der Waals surface area contributed by atoms with Crippen LogP contribution in [0.15, 0.2) is 42.5 Å². The van der Waals surface area contributed by atoms with Crippen LogP contribution in [0.5, 0.6) is 23.0 Å². The fourth-order valence-corrected chi connectivity index (χ4v) is 3.66. The van der Waals surface area contributed by atoms with Gasteiger partial charge in [0.05, 0.1) is 85.9 Å². The van der Waals surface area contributed by atoms with E-state index in [0.717, 1.165) is 17.1 Å².